The number of fused-ring (bicyclic) bond motifs is 2. The average Bonchev–Trinajstić information content (AvgIpc) is 3.20. The number of benzene rings is 2. The van der Waals surface area contributed by atoms with Crippen molar-refractivity contribution in [1.29, 1.82) is 0 Å². The molecule has 2 unspecified atom stereocenters. The zero-order chi connectivity index (χ0) is 17.2. The van der Waals surface area contributed by atoms with Crippen molar-refractivity contribution < 1.29 is 9.59 Å². The molecule has 2 aromatic carbocycles. The van der Waals surface area contributed by atoms with E-state index in [2.05, 4.69) is 34.9 Å². The van der Waals surface area contributed by atoms with E-state index in [-0.39, 0.29) is 30.3 Å². The van der Waals surface area contributed by atoms with Crippen LogP contribution in [0.4, 0.5) is 0 Å². The summed E-state index contributed by atoms with van der Waals surface area (Å²) < 4.78 is 0. The summed E-state index contributed by atoms with van der Waals surface area (Å²) in [7, 11) is 0. The molecule has 0 saturated heterocycles. The third-order valence-corrected chi connectivity index (χ3v) is 5.26. The van der Waals surface area contributed by atoms with Crippen LogP contribution in [0.2, 0.25) is 0 Å². The highest BCUT2D eigenvalue weighted by molar-refractivity contribution is 5.97. The minimum Gasteiger partial charge on any atom is -0.349 e. The lowest BCUT2D eigenvalue weighted by Crippen LogP contribution is -2.34. The Morgan fingerprint density at radius 1 is 0.760 bits per heavy atom. The standard InChI is InChI=1S/C21H22N2O2/c24-20(22-18-11-9-14-5-1-3-7-16(14)18)13-21(25)23-19-12-10-15-6-2-4-8-17(15)19/h1-8,18-19H,9-13H2,(H,22,24)(H,23,25). The third kappa shape index (κ3) is 3.29. The number of amides is 2. The molecule has 0 heterocycles. The van der Waals surface area contributed by atoms with E-state index in [1.807, 2.05) is 24.3 Å². The molecule has 2 N–H and O–H groups in total. The van der Waals surface area contributed by atoms with Crippen molar-refractivity contribution in [3.8, 4) is 0 Å². The van der Waals surface area contributed by atoms with Crippen molar-refractivity contribution in [3.05, 3.63) is 70.8 Å². The number of rotatable bonds is 4. The smallest absolute Gasteiger partial charge is 0.229 e. The van der Waals surface area contributed by atoms with Gasteiger partial charge < -0.3 is 10.6 Å². The predicted molar refractivity (Wildman–Crippen MR) is 95.9 cm³/mol. The van der Waals surface area contributed by atoms with Gasteiger partial charge in [-0.1, -0.05) is 48.5 Å². The molecular weight excluding hydrogens is 312 g/mol. The summed E-state index contributed by atoms with van der Waals surface area (Å²) in [6.07, 6.45) is 3.65. The van der Waals surface area contributed by atoms with E-state index in [0.29, 0.717) is 0 Å². The highest BCUT2D eigenvalue weighted by Crippen LogP contribution is 2.31. The van der Waals surface area contributed by atoms with Crippen LogP contribution in [0.1, 0.15) is 53.6 Å². The van der Waals surface area contributed by atoms with Crippen LogP contribution in [0, 0.1) is 0 Å². The number of hydrogen-bond acceptors (Lipinski definition) is 2. The number of nitrogens with one attached hydrogen (secondary N) is 2. The van der Waals surface area contributed by atoms with E-state index in [1.54, 1.807) is 0 Å². The molecule has 0 radical (unpaired) electrons. The van der Waals surface area contributed by atoms with Gasteiger partial charge in [-0.3, -0.25) is 9.59 Å². The van der Waals surface area contributed by atoms with Gasteiger partial charge in [0.15, 0.2) is 0 Å². The normalized spacial score (nSPS) is 20.6. The van der Waals surface area contributed by atoms with Gasteiger partial charge in [0.2, 0.25) is 11.8 Å². The molecule has 0 aromatic heterocycles. The summed E-state index contributed by atoms with van der Waals surface area (Å²) in [5, 5.41) is 6.02. The Kier molecular flexibility index (Phi) is 4.26. The first-order chi connectivity index (χ1) is 12.2. The van der Waals surface area contributed by atoms with Gasteiger partial charge in [-0.15, -0.1) is 0 Å². The quantitative estimate of drug-likeness (QED) is 0.845. The Morgan fingerprint density at radius 3 is 1.68 bits per heavy atom. The largest absolute Gasteiger partial charge is 0.349 e. The maximum absolute atomic E-state index is 12.3. The van der Waals surface area contributed by atoms with Crippen molar-refractivity contribution in [2.75, 3.05) is 0 Å². The molecule has 0 saturated carbocycles. The highest BCUT2D eigenvalue weighted by atomic mass is 16.2. The maximum Gasteiger partial charge on any atom is 0.229 e. The van der Waals surface area contributed by atoms with Gasteiger partial charge in [-0.2, -0.15) is 0 Å². The Hall–Kier alpha value is -2.62. The lowest BCUT2D eigenvalue weighted by Gasteiger charge is -2.16. The van der Waals surface area contributed by atoms with E-state index in [0.717, 1.165) is 25.7 Å². The van der Waals surface area contributed by atoms with Gasteiger partial charge in [0.25, 0.3) is 0 Å². The molecule has 0 fully saturated rings. The first-order valence-electron chi connectivity index (χ1n) is 8.95. The average molecular weight is 334 g/mol. The molecule has 2 amide bonds. The van der Waals surface area contributed by atoms with Gasteiger partial charge in [0.1, 0.15) is 6.42 Å². The van der Waals surface area contributed by atoms with Crippen LogP contribution in [0.3, 0.4) is 0 Å². The second-order valence-corrected chi connectivity index (χ2v) is 6.89. The van der Waals surface area contributed by atoms with E-state index in [9.17, 15) is 9.59 Å². The fourth-order valence-corrected chi connectivity index (χ4v) is 4.05. The lowest BCUT2D eigenvalue weighted by molar-refractivity contribution is -0.130. The fourth-order valence-electron chi connectivity index (χ4n) is 4.05. The minimum atomic E-state index is -0.203. The summed E-state index contributed by atoms with van der Waals surface area (Å²) in [4.78, 5) is 24.5. The van der Waals surface area contributed by atoms with Crippen molar-refractivity contribution >= 4 is 11.8 Å². The minimum absolute atomic E-state index is 0.0312. The van der Waals surface area contributed by atoms with Crippen LogP contribution in [-0.2, 0) is 22.4 Å². The Labute approximate surface area is 147 Å². The molecule has 4 nitrogen and oxygen atoms in total. The molecule has 0 aliphatic heterocycles. The van der Waals surface area contributed by atoms with E-state index < -0.39 is 0 Å². The molecule has 25 heavy (non-hydrogen) atoms. The van der Waals surface area contributed by atoms with E-state index in [4.69, 9.17) is 0 Å². The maximum atomic E-state index is 12.3. The summed E-state index contributed by atoms with van der Waals surface area (Å²) in [5.41, 5.74) is 4.95. The number of hydrogen-bond donors (Lipinski definition) is 2. The molecule has 4 heteroatoms. The van der Waals surface area contributed by atoms with Crippen LogP contribution in [0.25, 0.3) is 0 Å². The van der Waals surface area contributed by atoms with Gasteiger partial charge in [-0.05, 0) is 47.9 Å². The van der Waals surface area contributed by atoms with Crippen LogP contribution in [0.15, 0.2) is 48.5 Å². The van der Waals surface area contributed by atoms with Gasteiger partial charge >= 0.3 is 0 Å². The summed E-state index contributed by atoms with van der Waals surface area (Å²) in [6, 6.07) is 16.4. The fraction of sp³-hybridized carbons (Fsp3) is 0.333. The van der Waals surface area contributed by atoms with Crippen LogP contribution >= 0.6 is 0 Å². The van der Waals surface area contributed by atoms with Crippen LogP contribution in [-0.4, -0.2) is 11.8 Å². The molecule has 2 aliphatic carbocycles. The van der Waals surface area contributed by atoms with Crippen LogP contribution in [0.5, 0.6) is 0 Å². The van der Waals surface area contributed by atoms with Gasteiger partial charge in [0.05, 0.1) is 12.1 Å². The number of carbonyl (C=O) groups is 2. The van der Waals surface area contributed by atoms with Gasteiger partial charge in [0, 0.05) is 0 Å². The van der Waals surface area contributed by atoms with Crippen molar-refractivity contribution in [2.24, 2.45) is 0 Å². The molecule has 2 aliphatic rings. The first kappa shape index (κ1) is 15.9. The highest BCUT2D eigenvalue weighted by Gasteiger charge is 2.26. The Balaban J connectivity index is 1.32. The van der Waals surface area contributed by atoms with Crippen molar-refractivity contribution in [1.82, 2.24) is 10.6 Å². The Bertz CT molecular complexity index is 748. The second kappa shape index (κ2) is 6.71. The first-order valence-corrected chi connectivity index (χ1v) is 8.95. The van der Waals surface area contributed by atoms with E-state index >= 15 is 0 Å². The predicted octanol–water partition coefficient (Wildman–Crippen LogP) is 2.98. The molecule has 2 aromatic rings. The third-order valence-electron chi connectivity index (χ3n) is 5.26. The monoisotopic (exact) mass is 334 g/mol. The van der Waals surface area contributed by atoms with Crippen molar-refractivity contribution in [2.45, 2.75) is 44.2 Å². The van der Waals surface area contributed by atoms with Crippen molar-refractivity contribution in [3.63, 3.8) is 0 Å². The molecular formula is C21H22N2O2. The topological polar surface area (TPSA) is 58.2 Å². The number of carbonyl (C=O) groups excluding carboxylic acids is 2. The molecule has 0 bridgehead atoms. The zero-order valence-corrected chi connectivity index (χ0v) is 14.1. The molecule has 4 rings (SSSR count). The summed E-state index contributed by atoms with van der Waals surface area (Å²) >= 11 is 0. The zero-order valence-electron chi connectivity index (χ0n) is 14.1. The van der Waals surface area contributed by atoms with Gasteiger partial charge in [-0.25, -0.2) is 0 Å². The second-order valence-electron chi connectivity index (χ2n) is 6.89. The molecule has 2 atom stereocenters. The lowest BCUT2D eigenvalue weighted by atomic mass is 10.1. The summed E-state index contributed by atoms with van der Waals surface area (Å²) in [5.74, 6) is -0.407. The Morgan fingerprint density at radius 2 is 1.20 bits per heavy atom. The summed E-state index contributed by atoms with van der Waals surface area (Å²) in [6.45, 7) is 0. The van der Waals surface area contributed by atoms with Crippen LogP contribution < -0.4 is 10.6 Å². The molecule has 128 valence electrons. The SMILES string of the molecule is O=C(CC(=O)NC1CCc2ccccc21)NC1CCc2ccccc21. The molecule has 0 spiro atoms. The number of aryl methyl sites for hydroxylation is 2. The van der Waals surface area contributed by atoms with E-state index in [1.165, 1.54) is 22.3 Å².